The van der Waals surface area contributed by atoms with Gasteiger partial charge in [0.05, 0.1) is 7.05 Å². The zero-order chi connectivity index (χ0) is 15.8. The lowest BCUT2D eigenvalue weighted by atomic mass is 9.95. The molecule has 0 saturated heterocycles. The summed E-state index contributed by atoms with van der Waals surface area (Å²) in [6, 6.07) is 19.6. The average Bonchev–Trinajstić information content (AvgIpc) is 3.01. The van der Waals surface area contributed by atoms with E-state index < -0.39 is 0 Å². The van der Waals surface area contributed by atoms with Gasteiger partial charge in [0.25, 0.3) is 0 Å². The highest BCUT2D eigenvalue weighted by atomic mass is 16.3. The molecule has 1 aromatic heterocycles. The zero-order valence-electron chi connectivity index (χ0n) is 12.5. The minimum atomic E-state index is 0.237. The first-order valence-corrected chi connectivity index (χ1v) is 7.27. The summed E-state index contributed by atoms with van der Waals surface area (Å²) in [7, 11) is 1.74. The second-order valence-corrected chi connectivity index (χ2v) is 5.40. The standard InChI is InChI=1S/C18H14N4O/c1-22-20-18(19-21-22)14-9-13-10-15(23)7-8-16(13)17(11-14)12-5-3-2-4-6-12/h2-11,23H,1H3. The van der Waals surface area contributed by atoms with Crippen molar-refractivity contribution in [1.29, 1.82) is 0 Å². The van der Waals surface area contributed by atoms with Gasteiger partial charge in [-0.3, -0.25) is 0 Å². The lowest BCUT2D eigenvalue weighted by molar-refractivity contribution is 0.476. The van der Waals surface area contributed by atoms with Crippen LogP contribution in [0.1, 0.15) is 0 Å². The molecular weight excluding hydrogens is 288 g/mol. The minimum absolute atomic E-state index is 0.237. The first-order valence-electron chi connectivity index (χ1n) is 7.27. The van der Waals surface area contributed by atoms with Crippen molar-refractivity contribution in [3.05, 3.63) is 60.7 Å². The van der Waals surface area contributed by atoms with Gasteiger partial charge in [-0.05, 0) is 51.4 Å². The first kappa shape index (κ1) is 13.5. The highest BCUT2D eigenvalue weighted by Crippen LogP contribution is 2.34. The number of aromatic nitrogens is 4. The van der Waals surface area contributed by atoms with Crippen molar-refractivity contribution in [1.82, 2.24) is 20.2 Å². The Morgan fingerprint density at radius 2 is 1.74 bits per heavy atom. The fourth-order valence-electron chi connectivity index (χ4n) is 2.74. The summed E-state index contributed by atoms with van der Waals surface area (Å²) in [4.78, 5) is 1.43. The second-order valence-electron chi connectivity index (χ2n) is 5.40. The summed E-state index contributed by atoms with van der Waals surface area (Å²) < 4.78 is 0. The number of benzene rings is 3. The molecule has 0 aliphatic heterocycles. The third-order valence-electron chi connectivity index (χ3n) is 3.79. The Morgan fingerprint density at radius 1 is 0.913 bits per heavy atom. The highest BCUT2D eigenvalue weighted by Gasteiger charge is 2.11. The number of phenolic OH excluding ortho intramolecular Hbond substituents is 1. The fourth-order valence-corrected chi connectivity index (χ4v) is 2.74. The van der Waals surface area contributed by atoms with E-state index in [4.69, 9.17) is 0 Å². The third-order valence-corrected chi connectivity index (χ3v) is 3.79. The number of nitrogens with zero attached hydrogens (tertiary/aromatic N) is 4. The van der Waals surface area contributed by atoms with E-state index in [1.165, 1.54) is 4.80 Å². The molecule has 0 bridgehead atoms. The SMILES string of the molecule is Cn1nnc(-c2cc(-c3ccccc3)c3ccc(O)cc3c2)n1. The molecular formula is C18H14N4O. The van der Waals surface area contributed by atoms with Gasteiger partial charge in [0.1, 0.15) is 5.75 Å². The van der Waals surface area contributed by atoms with Gasteiger partial charge in [-0.15, -0.1) is 10.2 Å². The van der Waals surface area contributed by atoms with E-state index in [0.29, 0.717) is 5.82 Å². The van der Waals surface area contributed by atoms with Gasteiger partial charge in [-0.25, -0.2) is 0 Å². The van der Waals surface area contributed by atoms with Crippen LogP contribution in [0.5, 0.6) is 5.75 Å². The number of fused-ring (bicyclic) bond motifs is 1. The maximum absolute atomic E-state index is 9.81. The van der Waals surface area contributed by atoms with Crippen LogP contribution in [0.3, 0.4) is 0 Å². The predicted molar refractivity (Wildman–Crippen MR) is 88.8 cm³/mol. The second kappa shape index (κ2) is 5.21. The Labute approximate surface area is 132 Å². The first-order chi connectivity index (χ1) is 11.2. The molecule has 4 rings (SSSR count). The van der Waals surface area contributed by atoms with Crippen molar-refractivity contribution in [2.45, 2.75) is 0 Å². The van der Waals surface area contributed by atoms with Gasteiger partial charge in [0.2, 0.25) is 5.82 Å². The predicted octanol–water partition coefficient (Wildman–Crippen LogP) is 3.40. The fraction of sp³-hybridized carbons (Fsp3) is 0.0556. The molecule has 0 spiro atoms. The number of rotatable bonds is 2. The van der Waals surface area contributed by atoms with Crippen molar-refractivity contribution >= 4 is 10.8 Å². The topological polar surface area (TPSA) is 63.8 Å². The normalized spacial score (nSPS) is 11.0. The van der Waals surface area contributed by atoms with E-state index in [1.54, 1.807) is 19.2 Å². The number of hydrogen-bond acceptors (Lipinski definition) is 4. The summed E-state index contributed by atoms with van der Waals surface area (Å²) in [5, 5.41) is 24.1. The summed E-state index contributed by atoms with van der Waals surface area (Å²) in [6.07, 6.45) is 0. The van der Waals surface area contributed by atoms with Crippen LogP contribution in [0.25, 0.3) is 33.3 Å². The van der Waals surface area contributed by atoms with E-state index >= 15 is 0 Å². The van der Waals surface area contributed by atoms with Gasteiger partial charge in [0, 0.05) is 5.56 Å². The van der Waals surface area contributed by atoms with Crippen LogP contribution in [0.4, 0.5) is 0 Å². The van der Waals surface area contributed by atoms with Crippen LogP contribution < -0.4 is 0 Å². The molecule has 0 aliphatic carbocycles. The monoisotopic (exact) mass is 302 g/mol. The molecule has 5 heteroatoms. The van der Waals surface area contributed by atoms with Crippen molar-refractivity contribution in [2.24, 2.45) is 7.05 Å². The van der Waals surface area contributed by atoms with Crippen LogP contribution >= 0.6 is 0 Å². The Hall–Kier alpha value is -3.21. The van der Waals surface area contributed by atoms with Crippen molar-refractivity contribution in [2.75, 3.05) is 0 Å². The van der Waals surface area contributed by atoms with E-state index in [1.807, 2.05) is 30.3 Å². The van der Waals surface area contributed by atoms with Crippen molar-refractivity contribution < 1.29 is 5.11 Å². The molecule has 0 saturated carbocycles. The number of hydrogen-bond donors (Lipinski definition) is 1. The van der Waals surface area contributed by atoms with Crippen molar-refractivity contribution in [3.63, 3.8) is 0 Å². The molecule has 23 heavy (non-hydrogen) atoms. The van der Waals surface area contributed by atoms with E-state index in [-0.39, 0.29) is 5.75 Å². The summed E-state index contributed by atoms with van der Waals surface area (Å²) in [5.74, 6) is 0.802. The Kier molecular flexibility index (Phi) is 3.05. The van der Waals surface area contributed by atoms with Crippen LogP contribution in [0.2, 0.25) is 0 Å². The Morgan fingerprint density at radius 3 is 2.48 bits per heavy atom. The zero-order valence-corrected chi connectivity index (χ0v) is 12.5. The van der Waals surface area contributed by atoms with Gasteiger partial charge in [-0.2, -0.15) is 4.80 Å². The van der Waals surface area contributed by atoms with Gasteiger partial charge < -0.3 is 5.11 Å². The molecule has 0 radical (unpaired) electrons. The molecule has 5 nitrogen and oxygen atoms in total. The summed E-state index contributed by atoms with van der Waals surface area (Å²) in [6.45, 7) is 0. The van der Waals surface area contributed by atoms with Crippen LogP contribution in [0.15, 0.2) is 60.7 Å². The van der Waals surface area contributed by atoms with E-state index in [9.17, 15) is 5.11 Å². The largest absolute Gasteiger partial charge is 0.508 e. The van der Waals surface area contributed by atoms with Crippen molar-refractivity contribution in [3.8, 4) is 28.3 Å². The third kappa shape index (κ3) is 2.42. The highest BCUT2D eigenvalue weighted by molar-refractivity contribution is 6.00. The van der Waals surface area contributed by atoms with Crippen LogP contribution in [0, 0.1) is 0 Å². The molecule has 112 valence electrons. The van der Waals surface area contributed by atoms with E-state index in [0.717, 1.165) is 27.5 Å². The van der Waals surface area contributed by atoms with Gasteiger partial charge in [0.15, 0.2) is 0 Å². The molecule has 4 aromatic rings. The van der Waals surface area contributed by atoms with E-state index in [2.05, 4.69) is 33.6 Å². The smallest absolute Gasteiger partial charge is 0.204 e. The molecule has 0 aliphatic rings. The lowest BCUT2D eigenvalue weighted by Crippen LogP contribution is -1.92. The molecule has 0 unspecified atom stereocenters. The number of aryl methyl sites for hydroxylation is 1. The van der Waals surface area contributed by atoms with Crippen LogP contribution in [-0.2, 0) is 7.05 Å². The molecule has 0 atom stereocenters. The lowest BCUT2D eigenvalue weighted by Gasteiger charge is -2.10. The molecule has 1 N–H and O–H groups in total. The molecule has 0 fully saturated rings. The number of phenols is 1. The number of aromatic hydroxyl groups is 1. The minimum Gasteiger partial charge on any atom is -0.508 e. The molecule has 0 amide bonds. The maximum Gasteiger partial charge on any atom is 0.204 e. The number of tetrazole rings is 1. The quantitative estimate of drug-likeness (QED) is 0.616. The Bertz CT molecular complexity index is 993. The average molecular weight is 302 g/mol. The maximum atomic E-state index is 9.81. The molecule has 3 aromatic carbocycles. The summed E-state index contributed by atoms with van der Waals surface area (Å²) >= 11 is 0. The van der Waals surface area contributed by atoms with Crippen LogP contribution in [-0.4, -0.2) is 25.3 Å². The Balaban J connectivity index is 2.03. The molecule has 1 heterocycles. The van der Waals surface area contributed by atoms with Gasteiger partial charge in [-0.1, -0.05) is 36.4 Å². The summed E-state index contributed by atoms with van der Waals surface area (Å²) in [5.41, 5.74) is 3.05. The van der Waals surface area contributed by atoms with Gasteiger partial charge >= 0.3 is 0 Å².